The summed E-state index contributed by atoms with van der Waals surface area (Å²) in [5.41, 5.74) is 1.00. The van der Waals surface area contributed by atoms with Gasteiger partial charge in [0.25, 0.3) is 0 Å². The Morgan fingerprint density at radius 1 is 1.21 bits per heavy atom. The van der Waals surface area contributed by atoms with E-state index in [9.17, 15) is 13.2 Å². The minimum absolute atomic E-state index is 0.0787. The normalized spacial score (nSPS) is 16.7. The van der Waals surface area contributed by atoms with Gasteiger partial charge in [0, 0.05) is 20.2 Å². The van der Waals surface area contributed by atoms with Crippen molar-refractivity contribution in [3.05, 3.63) is 59.7 Å². The topological polar surface area (TPSA) is 82.1 Å². The molecule has 0 saturated carbocycles. The molecule has 8 heteroatoms. The number of hydrogen-bond acceptors (Lipinski definition) is 6. The maximum atomic E-state index is 13.1. The van der Waals surface area contributed by atoms with E-state index in [1.54, 1.807) is 0 Å². The van der Waals surface area contributed by atoms with E-state index in [1.807, 2.05) is 30.3 Å². The molecule has 0 aliphatic carbocycles. The van der Waals surface area contributed by atoms with Gasteiger partial charge in [-0.25, -0.2) is 13.2 Å². The minimum atomic E-state index is -3.89. The van der Waals surface area contributed by atoms with E-state index in [4.69, 9.17) is 14.2 Å². The van der Waals surface area contributed by atoms with Gasteiger partial charge in [-0.05, 0) is 36.6 Å². The average Bonchev–Trinajstić information content (AvgIpc) is 3.26. The van der Waals surface area contributed by atoms with Crippen molar-refractivity contribution in [2.24, 2.45) is 0 Å². The number of hydrogen-bond donors (Lipinski definition) is 0. The van der Waals surface area contributed by atoms with Crippen LogP contribution in [-0.4, -0.2) is 52.2 Å². The van der Waals surface area contributed by atoms with Crippen molar-refractivity contribution in [3.8, 4) is 5.75 Å². The van der Waals surface area contributed by atoms with Gasteiger partial charge >= 0.3 is 5.97 Å². The zero-order valence-electron chi connectivity index (χ0n) is 16.5. The molecular weight excluding hydrogens is 394 g/mol. The molecule has 0 radical (unpaired) electrons. The molecule has 1 saturated heterocycles. The Labute approximate surface area is 171 Å². The van der Waals surface area contributed by atoms with E-state index in [-0.39, 0.29) is 35.5 Å². The summed E-state index contributed by atoms with van der Waals surface area (Å²) in [5.74, 6) is -0.425. The molecule has 1 fully saturated rings. The molecule has 0 amide bonds. The van der Waals surface area contributed by atoms with Crippen molar-refractivity contribution >= 4 is 16.0 Å². The Balaban J connectivity index is 1.80. The molecule has 3 rings (SSSR count). The van der Waals surface area contributed by atoms with Crippen molar-refractivity contribution in [1.82, 2.24) is 4.31 Å². The molecule has 29 heavy (non-hydrogen) atoms. The molecule has 0 bridgehead atoms. The first kappa shape index (κ1) is 21.3. The maximum absolute atomic E-state index is 13.1. The van der Waals surface area contributed by atoms with Crippen LogP contribution in [0, 0.1) is 0 Å². The van der Waals surface area contributed by atoms with E-state index in [0.29, 0.717) is 6.61 Å². The molecule has 7 nitrogen and oxygen atoms in total. The molecule has 1 aliphatic rings. The van der Waals surface area contributed by atoms with Crippen LogP contribution < -0.4 is 4.74 Å². The molecule has 2 aromatic carbocycles. The quantitative estimate of drug-likeness (QED) is 0.612. The van der Waals surface area contributed by atoms with Crippen LogP contribution in [0.15, 0.2) is 53.4 Å². The summed E-state index contributed by atoms with van der Waals surface area (Å²) >= 11 is 0. The zero-order valence-corrected chi connectivity index (χ0v) is 17.4. The third-order valence-corrected chi connectivity index (χ3v) is 6.58. The fourth-order valence-electron chi connectivity index (χ4n) is 3.13. The summed E-state index contributed by atoms with van der Waals surface area (Å²) < 4.78 is 43.5. The van der Waals surface area contributed by atoms with Crippen LogP contribution >= 0.6 is 0 Å². The number of carbonyl (C=O) groups excluding carboxylic acids is 1. The number of esters is 1. The maximum Gasteiger partial charge on any atom is 0.338 e. The summed E-state index contributed by atoms with van der Waals surface area (Å²) in [4.78, 5) is 12.3. The third kappa shape index (κ3) is 5.14. The van der Waals surface area contributed by atoms with Crippen molar-refractivity contribution in [3.63, 3.8) is 0 Å². The van der Waals surface area contributed by atoms with Crippen LogP contribution in [0.1, 0.15) is 28.8 Å². The van der Waals surface area contributed by atoms with Crippen molar-refractivity contribution in [1.29, 1.82) is 0 Å². The van der Waals surface area contributed by atoms with Gasteiger partial charge in [-0.15, -0.1) is 0 Å². The number of sulfonamides is 1. The lowest BCUT2D eigenvalue weighted by molar-refractivity contribution is 0.0161. The molecule has 1 aliphatic heterocycles. The van der Waals surface area contributed by atoms with Crippen LogP contribution in [0.5, 0.6) is 5.75 Å². The number of nitrogens with zero attached hydrogens (tertiary/aromatic N) is 1. The van der Waals surface area contributed by atoms with Gasteiger partial charge in [-0.2, -0.15) is 4.31 Å². The zero-order chi connectivity index (χ0) is 20.9. The second-order valence-corrected chi connectivity index (χ2v) is 8.86. The summed E-state index contributed by atoms with van der Waals surface area (Å²) in [6, 6.07) is 13.5. The molecule has 0 aromatic heterocycles. The van der Waals surface area contributed by atoms with Gasteiger partial charge in [0.05, 0.1) is 18.8 Å². The van der Waals surface area contributed by atoms with E-state index >= 15 is 0 Å². The molecule has 0 spiro atoms. The Morgan fingerprint density at radius 3 is 2.62 bits per heavy atom. The van der Waals surface area contributed by atoms with Gasteiger partial charge in [-0.3, -0.25) is 0 Å². The molecule has 0 N–H and O–H groups in total. The fraction of sp³-hybridized carbons (Fsp3) is 0.381. The lowest BCUT2D eigenvalue weighted by Gasteiger charge is -2.19. The summed E-state index contributed by atoms with van der Waals surface area (Å²) in [7, 11) is -1.01. The molecule has 2 aromatic rings. The number of rotatable bonds is 8. The van der Waals surface area contributed by atoms with Gasteiger partial charge < -0.3 is 14.2 Å². The number of methoxy groups -OCH3 is 1. The minimum Gasteiger partial charge on any atom is -0.495 e. The number of carbonyl (C=O) groups is 1. The van der Waals surface area contributed by atoms with E-state index in [1.165, 1.54) is 36.7 Å². The Hall–Kier alpha value is -2.42. The van der Waals surface area contributed by atoms with Crippen molar-refractivity contribution in [2.45, 2.75) is 30.4 Å². The number of benzene rings is 2. The summed E-state index contributed by atoms with van der Waals surface area (Å²) in [6.45, 7) is 1.02. The van der Waals surface area contributed by atoms with E-state index in [2.05, 4.69) is 0 Å². The fourth-order valence-corrected chi connectivity index (χ4v) is 4.46. The highest BCUT2D eigenvalue weighted by Gasteiger charge is 2.27. The molecule has 1 heterocycles. The summed E-state index contributed by atoms with van der Waals surface area (Å²) in [6.07, 6.45) is 1.69. The highest BCUT2D eigenvalue weighted by molar-refractivity contribution is 7.89. The second kappa shape index (κ2) is 9.39. The van der Waals surface area contributed by atoms with Crippen molar-refractivity contribution < 1.29 is 27.4 Å². The Morgan fingerprint density at radius 2 is 1.97 bits per heavy atom. The highest BCUT2D eigenvalue weighted by atomic mass is 32.2. The first-order valence-corrected chi connectivity index (χ1v) is 10.8. The van der Waals surface area contributed by atoms with Crippen LogP contribution in [0.3, 0.4) is 0 Å². The lowest BCUT2D eigenvalue weighted by atomic mass is 10.2. The smallest absolute Gasteiger partial charge is 0.338 e. The van der Waals surface area contributed by atoms with Gasteiger partial charge in [-0.1, -0.05) is 30.3 Å². The average molecular weight is 419 g/mol. The predicted molar refractivity (Wildman–Crippen MR) is 107 cm³/mol. The van der Waals surface area contributed by atoms with Gasteiger partial charge in [0.1, 0.15) is 17.3 Å². The standard InChI is InChI=1S/C21H25NO6S/c1-22(14-16-7-4-3-5-8-16)29(24,25)20-13-17(10-11-19(20)26-2)21(23)28-15-18-9-6-12-27-18/h3-5,7-8,10-11,13,18H,6,9,12,14-15H2,1-2H3. The Bertz CT molecular complexity index is 939. The van der Waals surface area contributed by atoms with Gasteiger partial charge in [0.15, 0.2) is 0 Å². The second-order valence-electron chi connectivity index (χ2n) is 6.85. The monoisotopic (exact) mass is 419 g/mol. The van der Waals surface area contributed by atoms with Crippen LogP contribution in [0.4, 0.5) is 0 Å². The SMILES string of the molecule is COc1ccc(C(=O)OCC2CCCO2)cc1S(=O)(=O)N(C)Cc1ccccc1. The third-order valence-electron chi connectivity index (χ3n) is 4.76. The molecule has 1 atom stereocenters. The molecular formula is C21H25NO6S. The van der Waals surface area contributed by atoms with E-state index in [0.717, 1.165) is 18.4 Å². The van der Waals surface area contributed by atoms with Crippen LogP contribution in [0.2, 0.25) is 0 Å². The highest BCUT2D eigenvalue weighted by Crippen LogP contribution is 2.28. The van der Waals surface area contributed by atoms with Gasteiger partial charge in [0.2, 0.25) is 10.0 Å². The molecule has 1 unspecified atom stereocenters. The first-order valence-electron chi connectivity index (χ1n) is 9.39. The predicted octanol–water partition coefficient (Wildman–Crippen LogP) is 2.85. The van der Waals surface area contributed by atoms with Crippen LogP contribution in [-0.2, 0) is 26.0 Å². The van der Waals surface area contributed by atoms with Crippen molar-refractivity contribution in [2.75, 3.05) is 27.4 Å². The van der Waals surface area contributed by atoms with Crippen LogP contribution in [0.25, 0.3) is 0 Å². The first-order chi connectivity index (χ1) is 13.9. The molecule has 156 valence electrons. The van der Waals surface area contributed by atoms with E-state index < -0.39 is 16.0 Å². The summed E-state index contributed by atoms with van der Waals surface area (Å²) in [5, 5.41) is 0. The Kier molecular flexibility index (Phi) is 6.89. The number of ether oxygens (including phenoxy) is 3. The lowest BCUT2D eigenvalue weighted by Crippen LogP contribution is -2.27. The largest absolute Gasteiger partial charge is 0.495 e.